The second kappa shape index (κ2) is 3.67. The van der Waals surface area contributed by atoms with E-state index in [1.54, 1.807) is 6.08 Å². The average Bonchev–Trinajstić information content (AvgIpc) is 2.59. The number of methoxy groups -OCH3 is 1. The van der Waals surface area contributed by atoms with Gasteiger partial charge in [0.05, 0.1) is 13.0 Å². The van der Waals surface area contributed by atoms with E-state index in [9.17, 15) is 4.79 Å². The molecule has 4 heteroatoms. The fourth-order valence-corrected chi connectivity index (χ4v) is 1.69. The standard InChI is InChI=1S/C8H10Cl2O2/c1-4-5(3-6(9)10)7(4)8(11)12-2/h3-5,7H,1-2H3. The van der Waals surface area contributed by atoms with Crippen molar-refractivity contribution in [3.63, 3.8) is 0 Å². The number of allylic oxidation sites excluding steroid dienone is 1. The summed E-state index contributed by atoms with van der Waals surface area (Å²) in [7, 11) is 1.39. The van der Waals surface area contributed by atoms with E-state index in [1.807, 2.05) is 6.92 Å². The molecule has 0 aromatic carbocycles. The lowest BCUT2D eigenvalue weighted by Crippen LogP contribution is -2.04. The fourth-order valence-electron chi connectivity index (χ4n) is 1.40. The molecule has 68 valence electrons. The average molecular weight is 209 g/mol. The summed E-state index contributed by atoms with van der Waals surface area (Å²) in [6.07, 6.45) is 1.69. The van der Waals surface area contributed by atoms with E-state index in [4.69, 9.17) is 23.2 Å². The van der Waals surface area contributed by atoms with Crippen LogP contribution in [0.2, 0.25) is 0 Å². The molecule has 1 rings (SSSR count). The van der Waals surface area contributed by atoms with Crippen molar-refractivity contribution < 1.29 is 9.53 Å². The van der Waals surface area contributed by atoms with Gasteiger partial charge in [0.1, 0.15) is 4.49 Å². The molecule has 0 aromatic rings. The Morgan fingerprint density at radius 2 is 2.08 bits per heavy atom. The highest BCUT2D eigenvalue weighted by molar-refractivity contribution is 6.55. The zero-order valence-corrected chi connectivity index (χ0v) is 8.39. The van der Waals surface area contributed by atoms with Crippen LogP contribution in [0.5, 0.6) is 0 Å². The first kappa shape index (κ1) is 9.87. The molecule has 0 amide bonds. The molecule has 1 fully saturated rings. The maximum atomic E-state index is 11.0. The largest absolute Gasteiger partial charge is 0.469 e. The van der Waals surface area contributed by atoms with Crippen molar-refractivity contribution in [3.05, 3.63) is 10.6 Å². The van der Waals surface area contributed by atoms with Gasteiger partial charge in [-0.05, 0) is 17.9 Å². The highest BCUT2D eigenvalue weighted by Crippen LogP contribution is 2.48. The van der Waals surface area contributed by atoms with Gasteiger partial charge < -0.3 is 4.74 Å². The minimum atomic E-state index is -0.182. The molecule has 0 spiro atoms. The highest BCUT2D eigenvalue weighted by atomic mass is 35.5. The molecule has 3 atom stereocenters. The summed E-state index contributed by atoms with van der Waals surface area (Å²) >= 11 is 10.9. The van der Waals surface area contributed by atoms with Gasteiger partial charge in [-0.2, -0.15) is 0 Å². The van der Waals surface area contributed by atoms with E-state index in [1.165, 1.54) is 7.11 Å². The molecule has 0 saturated heterocycles. The number of hydrogen-bond donors (Lipinski definition) is 0. The third kappa shape index (κ3) is 1.93. The number of halogens is 2. The highest BCUT2D eigenvalue weighted by Gasteiger charge is 2.51. The lowest BCUT2D eigenvalue weighted by Gasteiger charge is -1.93. The molecule has 0 heterocycles. The van der Waals surface area contributed by atoms with Gasteiger partial charge in [-0.25, -0.2) is 0 Å². The Balaban J connectivity index is 2.54. The summed E-state index contributed by atoms with van der Waals surface area (Å²) in [5.41, 5.74) is 0. The molecule has 1 aliphatic rings. The van der Waals surface area contributed by atoms with Crippen molar-refractivity contribution in [2.75, 3.05) is 7.11 Å². The van der Waals surface area contributed by atoms with Crippen molar-refractivity contribution in [1.82, 2.24) is 0 Å². The molecule has 0 aliphatic heterocycles. The maximum absolute atomic E-state index is 11.0. The molecule has 0 bridgehead atoms. The zero-order chi connectivity index (χ0) is 9.30. The second-order valence-electron chi connectivity index (χ2n) is 2.94. The Kier molecular flexibility index (Phi) is 3.02. The summed E-state index contributed by atoms with van der Waals surface area (Å²) in [6.45, 7) is 1.97. The van der Waals surface area contributed by atoms with Crippen molar-refractivity contribution in [1.29, 1.82) is 0 Å². The summed E-state index contributed by atoms with van der Waals surface area (Å²) in [5.74, 6) is 0.216. The van der Waals surface area contributed by atoms with E-state index in [-0.39, 0.29) is 22.3 Å². The molecule has 1 saturated carbocycles. The van der Waals surface area contributed by atoms with Crippen LogP contribution in [0.3, 0.4) is 0 Å². The van der Waals surface area contributed by atoms with E-state index in [0.29, 0.717) is 5.92 Å². The van der Waals surface area contributed by atoms with Crippen LogP contribution >= 0.6 is 23.2 Å². The van der Waals surface area contributed by atoms with E-state index in [2.05, 4.69) is 4.74 Å². The van der Waals surface area contributed by atoms with Gasteiger partial charge in [0.25, 0.3) is 0 Å². The number of carbonyl (C=O) groups is 1. The van der Waals surface area contributed by atoms with Crippen LogP contribution in [0.1, 0.15) is 6.92 Å². The van der Waals surface area contributed by atoms with Gasteiger partial charge in [0.2, 0.25) is 0 Å². The quantitative estimate of drug-likeness (QED) is 0.652. The normalized spacial score (nSPS) is 32.5. The van der Waals surface area contributed by atoms with Crippen molar-refractivity contribution in [2.24, 2.45) is 17.8 Å². The van der Waals surface area contributed by atoms with Crippen molar-refractivity contribution >= 4 is 29.2 Å². The first-order valence-electron chi connectivity index (χ1n) is 3.68. The molecule has 3 unspecified atom stereocenters. The number of carbonyl (C=O) groups excluding carboxylic acids is 1. The first-order valence-corrected chi connectivity index (χ1v) is 4.44. The SMILES string of the molecule is COC(=O)C1C(C)C1C=C(Cl)Cl. The Morgan fingerprint density at radius 1 is 1.50 bits per heavy atom. The van der Waals surface area contributed by atoms with Crippen LogP contribution in [0, 0.1) is 17.8 Å². The van der Waals surface area contributed by atoms with Gasteiger partial charge in [-0.3, -0.25) is 4.79 Å². The van der Waals surface area contributed by atoms with Gasteiger partial charge in [-0.15, -0.1) is 0 Å². The van der Waals surface area contributed by atoms with Crippen molar-refractivity contribution in [3.8, 4) is 0 Å². The number of esters is 1. The van der Waals surface area contributed by atoms with E-state index >= 15 is 0 Å². The topological polar surface area (TPSA) is 26.3 Å². The molecule has 0 radical (unpaired) electrons. The number of hydrogen-bond acceptors (Lipinski definition) is 2. The Bertz CT molecular complexity index is 221. The molecule has 12 heavy (non-hydrogen) atoms. The Hall–Kier alpha value is -0.210. The van der Waals surface area contributed by atoms with Gasteiger partial charge >= 0.3 is 5.97 Å². The third-order valence-corrected chi connectivity index (χ3v) is 2.49. The summed E-state index contributed by atoms with van der Waals surface area (Å²) in [4.78, 5) is 11.0. The predicted molar refractivity (Wildman–Crippen MR) is 47.9 cm³/mol. The first-order chi connectivity index (χ1) is 5.57. The Labute approximate surface area is 81.5 Å². The van der Waals surface area contributed by atoms with Crippen LogP contribution in [-0.2, 0) is 9.53 Å². The number of ether oxygens (including phenoxy) is 1. The maximum Gasteiger partial charge on any atom is 0.309 e. The molecule has 0 N–H and O–H groups in total. The smallest absolute Gasteiger partial charge is 0.309 e. The molecular weight excluding hydrogens is 199 g/mol. The van der Waals surface area contributed by atoms with E-state index in [0.717, 1.165) is 0 Å². The van der Waals surface area contributed by atoms with Crippen LogP contribution < -0.4 is 0 Å². The molecule has 1 aliphatic carbocycles. The van der Waals surface area contributed by atoms with Crippen LogP contribution in [0.25, 0.3) is 0 Å². The summed E-state index contributed by atoms with van der Waals surface area (Å²) in [6, 6.07) is 0. The summed E-state index contributed by atoms with van der Waals surface area (Å²) < 4.78 is 4.82. The predicted octanol–water partition coefficient (Wildman–Crippen LogP) is 2.36. The monoisotopic (exact) mass is 208 g/mol. The minimum Gasteiger partial charge on any atom is -0.469 e. The zero-order valence-electron chi connectivity index (χ0n) is 6.88. The van der Waals surface area contributed by atoms with Gasteiger partial charge in [-0.1, -0.05) is 30.1 Å². The van der Waals surface area contributed by atoms with Crippen LogP contribution in [-0.4, -0.2) is 13.1 Å². The third-order valence-electron chi connectivity index (χ3n) is 2.24. The summed E-state index contributed by atoms with van der Waals surface area (Å²) in [5, 5.41) is 0. The van der Waals surface area contributed by atoms with Crippen LogP contribution in [0.15, 0.2) is 10.6 Å². The molecule has 0 aromatic heterocycles. The lowest BCUT2D eigenvalue weighted by atomic mass is 10.3. The lowest BCUT2D eigenvalue weighted by molar-refractivity contribution is -0.142. The van der Waals surface area contributed by atoms with Gasteiger partial charge in [0, 0.05) is 0 Å². The van der Waals surface area contributed by atoms with Crippen LogP contribution in [0.4, 0.5) is 0 Å². The Morgan fingerprint density at radius 3 is 2.50 bits per heavy atom. The van der Waals surface area contributed by atoms with Crippen molar-refractivity contribution in [2.45, 2.75) is 6.92 Å². The fraction of sp³-hybridized carbons (Fsp3) is 0.625. The molecule has 2 nitrogen and oxygen atoms in total. The number of rotatable bonds is 2. The minimum absolute atomic E-state index is 0.0532. The molecular formula is C8H10Cl2O2. The van der Waals surface area contributed by atoms with Gasteiger partial charge in [0.15, 0.2) is 0 Å². The second-order valence-corrected chi connectivity index (χ2v) is 3.95. The van der Waals surface area contributed by atoms with E-state index < -0.39 is 0 Å².